The average Bonchev–Trinajstić information content (AvgIpc) is 2.59. The van der Waals surface area contributed by atoms with Crippen LogP contribution < -0.4 is 4.31 Å². The van der Waals surface area contributed by atoms with Crippen LogP contribution in [0.15, 0.2) is 36.5 Å². The zero-order chi connectivity index (χ0) is 19.1. The number of carbonyl (C=O) groups is 2. The minimum Gasteiger partial charge on any atom is -0.481 e. The Morgan fingerprint density at radius 2 is 1.85 bits per heavy atom. The van der Waals surface area contributed by atoms with E-state index in [1.54, 1.807) is 30.3 Å². The van der Waals surface area contributed by atoms with Crippen LogP contribution in [0.5, 0.6) is 0 Å². The van der Waals surface area contributed by atoms with Gasteiger partial charge in [-0.15, -0.1) is 0 Å². The van der Waals surface area contributed by atoms with Gasteiger partial charge in [-0.2, -0.15) is 0 Å². The highest BCUT2D eigenvalue weighted by atomic mass is 32.2. The molecule has 2 atom stereocenters. The number of hydrogen-bond donors (Lipinski definition) is 3. The quantitative estimate of drug-likeness (QED) is 0.427. The van der Waals surface area contributed by atoms with Gasteiger partial charge in [0.1, 0.15) is 6.04 Å². The molecule has 0 radical (unpaired) electrons. The summed E-state index contributed by atoms with van der Waals surface area (Å²) in [6.07, 6.45) is 3.04. The third-order valence-electron chi connectivity index (χ3n) is 3.95. The van der Waals surface area contributed by atoms with Crippen molar-refractivity contribution in [2.45, 2.75) is 38.1 Å². The molecule has 0 amide bonds. The number of nitrogens with zero attached hydrogens (tertiary/aromatic N) is 2. The van der Waals surface area contributed by atoms with Crippen molar-refractivity contribution in [2.75, 3.05) is 4.31 Å². The van der Waals surface area contributed by atoms with E-state index >= 15 is 0 Å². The van der Waals surface area contributed by atoms with E-state index in [1.807, 2.05) is 0 Å². The highest BCUT2D eigenvalue weighted by Crippen LogP contribution is 2.29. The topological polar surface area (TPSA) is 128 Å². The van der Waals surface area contributed by atoms with Gasteiger partial charge in [0.2, 0.25) is 0 Å². The van der Waals surface area contributed by atoms with Crippen LogP contribution in [0.2, 0.25) is 0 Å². The summed E-state index contributed by atoms with van der Waals surface area (Å²) in [5.74, 6) is -2.13. The lowest BCUT2D eigenvalue weighted by Gasteiger charge is -2.27. The number of rotatable bonds is 10. The molecule has 1 aromatic carbocycles. The third kappa shape index (κ3) is 4.99. The van der Waals surface area contributed by atoms with E-state index in [0.717, 1.165) is 9.69 Å². The molecule has 0 aliphatic rings. The van der Waals surface area contributed by atoms with Crippen molar-refractivity contribution in [1.29, 1.82) is 0 Å². The summed E-state index contributed by atoms with van der Waals surface area (Å²) in [6, 6.07) is 7.30. The van der Waals surface area contributed by atoms with Crippen LogP contribution in [-0.2, 0) is 20.9 Å². The molecule has 0 bridgehead atoms. The van der Waals surface area contributed by atoms with Crippen molar-refractivity contribution in [3.63, 3.8) is 0 Å². The molecule has 2 aromatic rings. The Morgan fingerprint density at radius 1 is 1.12 bits per heavy atom. The second-order valence-corrected chi connectivity index (χ2v) is 6.61. The van der Waals surface area contributed by atoms with Crippen LogP contribution in [0, 0.1) is 0 Å². The summed E-state index contributed by atoms with van der Waals surface area (Å²) in [5, 5.41) is 18.9. The fourth-order valence-corrected chi connectivity index (χ4v) is 3.49. The van der Waals surface area contributed by atoms with Gasteiger partial charge >= 0.3 is 11.9 Å². The average molecular weight is 380 g/mol. The lowest BCUT2D eigenvalue weighted by atomic mass is 10.1. The molecule has 0 fully saturated rings. The first-order chi connectivity index (χ1) is 12.4. The molecule has 9 heteroatoms. The van der Waals surface area contributed by atoms with Crippen molar-refractivity contribution in [3.05, 3.63) is 36.5 Å². The zero-order valence-corrected chi connectivity index (χ0v) is 14.8. The van der Waals surface area contributed by atoms with E-state index < -0.39 is 29.2 Å². The Morgan fingerprint density at radius 3 is 2.50 bits per heavy atom. The number of carboxylic acid groups (broad SMARTS) is 2. The number of fused-ring (bicyclic) bond motifs is 1. The lowest BCUT2D eigenvalue weighted by Crippen LogP contribution is -2.42. The molecule has 26 heavy (non-hydrogen) atoms. The summed E-state index contributed by atoms with van der Waals surface area (Å²) in [7, 11) is 0. The molecule has 2 unspecified atom stereocenters. The van der Waals surface area contributed by atoms with E-state index in [2.05, 4.69) is 4.98 Å². The number of hydrogen-bond acceptors (Lipinski definition) is 4. The number of aliphatic carboxylic acids is 2. The normalized spacial score (nSPS) is 13.3. The highest BCUT2D eigenvalue weighted by molar-refractivity contribution is 7.80. The minimum atomic E-state index is -2.56. The molecular weight excluding hydrogens is 360 g/mol. The largest absolute Gasteiger partial charge is 0.481 e. The molecule has 0 saturated heterocycles. The predicted molar refractivity (Wildman–Crippen MR) is 97.1 cm³/mol. The number of pyridine rings is 1. The maximum absolute atomic E-state index is 11.9. The summed E-state index contributed by atoms with van der Waals surface area (Å²) < 4.78 is 22.6. The number of aromatic nitrogens is 1. The molecule has 0 saturated carbocycles. The van der Waals surface area contributed by atoms with Gasteiger partial charge in [0, 0.05) is 18.0 Å². The van der Waals surface area contributed by atoms with E-state index in [0.29, 0.717) is 24.8 Å². The number of anilines is 1. The minimum absolute atomic E-state index is 0.0145. The molecule has 140 valence electrons. The maximum Gasteiger partial charge on any atom is 0.327 e. The smallest absolute Gasteiger partial charge is 0.327 e. The Labute approximate surface area is 152 Å². The molecule has 0 aliphatic carbocycles. The van der Waals surface area contributed by atoms with E-state index in [-0.39, 0.29) is 18.5 Å². The van der Waals surface area contributed by atoms with Crippen molar-refractivity contribution in [2.24, 2.45) is 0 Å². The fraction of sp³-hybridized carbons (Fsp3) is 0.353. The second-order valence-electron chi connectivity index (χ2n) is 5.76. The highest BCUT2D eigenvalue weighted by Gasteiger charge is 2.31. The summed E-state index contributed by atoms with van der Waals surface area (Å²) in [4.78, 5) is 26.5. The lowest BCUT2D eigenvalue weighted by molar-refractivity contribution is -0.139. The SMILES string of the molecule is O=C(O)CCCCCC(C(=O)O)N(c1cccc2cccnc12)S(=O)O. The van der Waals surface area contributed by atoms with Crippen LogP contribution in [0.25, 0.3) is 10.9 Å². The van der Waals surface area contributed by atoms with Crippen LogP contribution in [-0.4, -0.2) is 41.9 Å². The molecule has 2 rings (SSSR count). The number of unbranched alkanes of at least 4 members (excludes halogenated alkanes) is 2. The Bertz CT molecular complexity index is 807. The first kappa shape index (κ1) is 19.8. The van der Waals surface area contributed by atoms with Gasteiger partial charge in [-0.05, 0) is 25.0 Å². The Hall–Kier alpha value is -2.52. The summed E-state index contributed by atoms with van der Waals surface area (Å²) in [5.41, 5.74) is 0.705. The van der Waals surface area contributed by atoms with Crippen molar-refractivity contribution in [1.82, 2.24) is 4.98 Å². The van der Waals surface area contributed by atoms with Gasteiger partial charge in [-0.3, -0.25) is 18.6 Å². The van der Waals surface area contributed by atoms with Crippen molar-refractivity contribution < 1.29 is 28.6 Å². The van der Waals surface area contributed by atoms with E-state index in [9.17, 15) is 23.5 Å². The Balaban J connectivity index is 2.25. The maximum atomic E-state index is 11.9. The first-order valence-electron chi connectivity index (χ1n) is 8.10. The van der Waals surface area contributed by atoms with Crippen LogP contribution in [0.3, 0.4) is 0 Å². The standard InChI is InChI=1S/C17H20N2O6S/c20-15(21)10-3-1-2-8-14(17(22)23)19(26(24)25)13-9-4-6-12-7-5-11-18-16(12)13/h4-7,9,11,14H,1-3,8,10H2,(H,20,21)(H,22,23)(H,24,25). The van der Waals surface area contributed by atoms with Crippen LogP contribution in [0.1, 0.15) is 32.1 Å². The van der Waals surface area contributed by atoms with Gasteiger partial charge < -0.3 is 10.2 Å². The van der Waals surface area contributed by atoms with Gasteiger partial charge in [-0.25, -0.2) is 9.00 Å². The second kappa shape index (κ2) is 9.25. The van der Waals surface area contributed by atoms with Crippen LogP contribution >= 0.6 is 0 Å². The van der Waals surface area contributed by atoms with Crippen molar-refractivity contribution in [3.8, 4) is 0 Å². The van der Waals surface area contributed by atoms with E-state index in [1.165, 1.54) is 6.20 Å². The molecule has 0 spiro atoms. The van der Waals surface area contributed by atoms with Crippen LogP contribution in [0.4, 0.5) is 5.69 Å². The molecule has 1 heterocycles. The molecule has 0 aliphatic heterocycles. The molecule has 3 N–H and O–H groups in total. The van der Waals surface area contributed by atoms with Gasteiger partial charge in [0.15, 0.2) is 0 Å². The number of para-hydroxylation sites is 1. The third-order valence-corrected chi connectivity index (χ3v) is 4.74. The van der Waals surface area contributed by atoms with Gasteiger partial charge in [0.05, 0.1) is 11.2 Å². The van der Waals surface area contributed by atoms with Crippen molar-refractivity contribution >= 4 is 39.8 Å². The molecule has 1 aromatic heterocycles. The summed E-state index contributed by atoms with van der Waals surface area (Å²) in [6.45, 7) is 0. The monoisotopic (exact) mass is 380 g/mol. The van der Waals surface area contributed by atoms with Gasteiger partial charge in [0.25, 0.3) is 11.3 Å². The predicted octanol–water partition coefficient (Wildman–Crippen LogP) is 2.67. The van der Waals surface area contributed by atoms with Gasteiger partial charge in [-0.1, -0.05) is 31.0 Å². The number of carboxylic acids is 2. The summed E-state index contributed by atoms with van der Waals surface area (Å²) >= 11 is -2.56. The zero-order valence-electron chi connectivity index (χ0n) is 13.9. The number of benzene rings is 1. The molecule has 8 nitrogen and oxygen atoms in total. The molecular formula is C17H20N2O6S. The first-order valence-corrected chi connectivity index (χ1v) is 9.16. The van der Waals surface area contributed by atoms with E-state index in [4.69, 9.17) is 5.11 Å². The fourth-order valence-electron chi connectivity index (χ4n) is 2.76. The Kier molecular flexibility index (Phi) is 7.05.